The molecule has 1 rings (SSSR count). The van der Waals surface area contributed by atoms with Crippen LogP contribution in [0.5, 0.6) is 0 Å². The molecule has 0 saturated heterocycles. The van der Waals surface area contributed by atoms with E-state index >= 15 is 0 Å². The summed E-state index contributed by atoms with van der Waals surface area (Å²) in [6, 6.07) is -0.770. The van der Waals surface area contributed by atoms with Gasteiger partial charge in [0.05, 0.1) is 5.92 Å². The Kier molecular flexibility index (Phi) is 6.98. The van der Waals surface area contributed by atoms with E-state index in [1.54, 1.807) is 6.92 Å². The third-order valence-corrected chi connectivity index (χ3v) is 3.74. The summed E-state index contributed by atoms with van der Waals surface area (Å²) in [5.74, 6) is -1.64. The molecule has 2 unspecified atom stereocenters. The van der Waals surface area contributed by atoms with Crippen molar-refractivity contribution in [1.82, 2.24) is 15.5 Å². The monoisotopic (exact) mass is 299 g/mol. The molecule has 2 atom stereocenters. The highest BCUT2D eigenvalue weighted by Gasteiger charge is 2.31. The summed E-state index contributed by atoms with van der Waals surface area (Å²) >= 11 is 0. The van der Waals surface area contributed by atoms with E-state index in [0.717, 1.165) is 19.3 Å². The molecule has 1 saturated carbocycles. The van der Waals surface area contributed by atoms with Gasteiger partial charge in [-0.25, -0.2) is 4.79 Å². The summed E-state index contributed by atoms with van der Waals surface area (Å²) in [6.45, 7) is 2.28. The van der Waals surface area contributed by atoms with Crippen LogP contribution in [0.3, 0.4) is 0 Å². The summed E-state index contributed by atoms with van der Waals surface area (Å²) in [7, 11) is 1.52. The maximum absolute atomic E-state index is 12.1. The minimum absolute atomic E-state index is 0.0376. The average molecular weight is 299 g/mol. The highest BCUT2D eigenvalue weighted by Crippen LogP contribution is 2.23. The van der Waals surface area contributed by atoms with Crippen molar-refractivity contribution >= 4 is 17.9 Å². The molecule has 0 spiro atoms. The van der Waals surface area contributed by atoms with E-state index in [9.17, 15) is 19.5 Å². The van der Waals surface area contributed by atoms with Gasteiger partial charge in [0.1, 0.15) is 6.54 Å². The Morgan fingerprint density at radius 1 is 1.19 bits per heavy atom. The fraction of sp³-hybridized carbons (Fsp3) is 0.786. The molecule has 3 amide bonds. The van der Waals surface area contributed by atoms with Crippen molar-refractivity contribution in [3.05, 3.63) is 0 Å². The second-order valence-electron chi connectivity index (χ2n) is 5.45. The molecule has 0 bridgehead atoms. The van der Waals surface area contributed by atoms with Gasteiger partial charge in [-0.05, 0) is 19.8 Å². The van der Waals surface area contributed by atoms with Gasteiger partial charge in [0.2, 0.25) is 5.91 Å². The second kappa shape index (κ2) is 8.49. The van der Waals surface area contributed by atoms with Gasteiger partial charge >= 0.3 is 12.0 Å². The van der Waals surface area contributed by atoms with Crippen LogP contribution in [0.4, 0.5) is 4.79 Å². The number of carbonyl (C=O) groups excluding carboxylic acids is 2. The number of urea groups is 1. The van der Waals surface area contributed by atoms with Crippen molar-refractivity contribution in [3.8, 4) is 0 Å². The Balaban J connectivity index is 2.57. The standard InChI is InChI=1S/C14H25N3O4/c1-3-15-12(18)9-17(2)14(21)16-11-8-6-4-5-7-10(11)13(19)20/h10-11H,3-9H2,1-2H3,(H,15,18)(H,16,21)(H,19,20). The molecule has 120 valence electrons. The zero-order valence-corrected chi connectivity index (χ0v) is 12.7. The first kappa shape index (κ1) is 17.3. The zero-order valence-electron chi connectivity index (χ0n) is 12.7. The summed E-state index contributed by atoms with van der Waals surface area (Å²) in [4.78, 5) is 36.1. The van der Waals surface area contributed by atoms with Crippen molar-refractivity contribution in [2.45, 2.75) is 45.1 Å². The number of rotatable bonds is 5. The van der Waals surface area contributed by atoms with Crippen molar-refractivity contribution in [1.29, 1.82) is 0 Å². The van der Waals surface area contributed by atoms with E-state index in [0.29, 0.717) is 19.4 Å². The van der Waals surface area contributed by atoms with Crippen molar-refractivity contribution in [2.24, 2.45) is 5.92 Å². The number of amides is 3. The number of nitrogens with one attached hydrogen (secondary N) is 2. The van der Waals surface area contributed by atoms with Crippen LogP contribution >= 0.6 is 0 Å². The predicted octanol–water partition coefficient (Wildman–Crippen LogP) is 0.797. The van der Waals surface area contributed by atoms with Crippen LogP contribution in [0, 0.1) is 5.92 Å². The number of carbonyl (C=O) groups is 3. The number of hydrogen-bond acceptors (Lipinski definition) is 3. The molecule has 0 aromatic carbocycles. The summed E-state index contributed by atoms with van der Waals surface area (Å²) in [5, 5.41) is 14.7. The van der Waals surface area contributed by atoms with E-state index in [2.05, 4.69) is 10.6 Å². The van der Waals surface area contributed by atoms with Gasteiger partial charge in [-0.1, -0.05) is 19.3 Å². The molecular weight excluding hydrogens is 274 g/mol. The molecule has 21 heavy (non-hydrogen) atoms. The first-order valence-electron chi connectivity index (χ1n) is 7.46. The van der Waals surface area contributed by atoms with Gasteiger partial charge in [-0.2, -0.15) is 0 Å². The molecule has 7 nitrogen and oxygen atoms in total. The van der Waals surface area contributed by atoms with Crippen LogP contribution < -0.4 is 10.6 Å². The Morgan fingerprint density at radius 3 is 2.48 bits per heavy atom. The molecule has 0 heterocycles. The first-order valence-corrected chi connectivity index (χ1v) is 7.46. The first-order chi connectivity index (χ1) is 9.95. The molecular formula is C14H25N3O4. The molecule has 7 heteroatoms. The zero-order chi connectivity index (χ0) is 15.8. The Hall–Kier alpha value is -1.79. The number of carboxylic acids is 1. The van der Waals surface area contributed by atoms with E-state index in [1.807, 2.05) is 0 Å². The summed E-state index contributed by atoms with van der Waals surface area (Å²) < 4.78 is 0. The number of hydrogen-bond donors (Lipinski definition) is 3. The van der Waals surface area contributed by atoms with Crippen LogP contribution in [0.15, 0.2) is 0 Å². The number of likely N-dealkylation sites (N-methyl/N-ethyl adjacent to an activating group) is 2. The Labute approximate surface area is 125 Å². The molecule has 3 N–H and O–H groups in total. The van der Waals surface area contributed by atoms with Crippen molar-refractivity contribution in [3.63, 3.8) is 0 Å². The van der Waals surface area contributed by atoms with Gasteiger partial charge in [0.15, 0.2) is 0 Å². The molecule has 0 radical (unpaired) electrons. The summed E-state index contributed by atoms with van der Waals surface area (Å²) in [6.07, 6.45) is 4.02. The number of carboxylic acid groups (broad SMARTS) is 1. The Bertz CT molecular complexity index is 386. The lowest BCUT2D eigenvalue weighted by molar-refractivity contribution is -0.142. The van der Waals surface area contributed by atoms with E-state index in [4.69, 9.17) is 0 Å². The predicted molar refractivity (Wildman–Crippen MR) is 77.8 cm³/mol. The van der Waals surface area contributed by atoms with Crippen LogP contribution in [0.25, 0.3) is 0 Å². The molecule has 0 aromatic rings. The van der Waals surface area contributed by atoms with Crippen LogP contribution in [-0.2, 0) is 9.59 Å². The number of aliphatic carboxylic acids is 1. The highest BCUT2D eigenvalue weighted by molar-refractivity contribution is 5.84. The maximum Gasteiger partial charge on any atom is 0.317 e. The normalized spacial score (nSPS) is 22.0. The van der Waals surface area contributed by atoms with E-state index in [1.165, 1.54) is 11.9 Å². The third kappa shape index (κ3) is 5.61. The van der Waals surface area contributed by atoms with Gasteiger partial charge in [0, 0.05) is 19.6 Å². The van der Waals surface area contributed by atoms with Crippen molar-refractivity contribution < 1.29 is 19.5 Å². The smallest absolute Gasteiger partial charge is 0.317 e. The largest absolute Gasteiger partial charge is 0.481 e. The lowest BCUT2D eigenvalue weighted by Crippen LogP contribution is -2.49. The molecule has 0 aliphatic heterocycles. The van der Waals surface area contributed by atoms with Gasteiger partial charge in [0.25, 0.3) is 0 Å². The minimum Gasteiger partial charge on any atom is -0.481 e. The fourth-order valence-electron chi connectivity index (χ4n) is 2.59. The molecule has 0 aromatic heterocycles. The van der Waals surface area contributed by atoms with E-state index < -0.39 is 17.9 Å². The SMILES string of the molecule is CCNC(=O)CN(C)C(=O)NC1CCCCCC1C(=O)O. The highest BCUT2D eigenvalue weighted by atomic mass is 16.4. The minimum atomic E-state index is -0.867. The molecule has 1 fully saturated rings. The molecule has 1 aliphatic carbocycles. The fourth-order valence-corrected chi connectivity index (χ4v) is 2.59. The van der Waals surface area contributed by atoms with Crippen LogP contribution in [-0.4, -0.2) is 54.1 Å². The van der Waals surface area contributed by atoms with Crippen LogP contribution in [0.2, 0.25) is 0 Å². The average Bonchev–Trinajstić information content (AvgIpc) is 2.64. The third-order valence-electron chi connectivity index (χ3n) is 3.74. The van der Waals surface area contributed by atoms with E-state index in [-0.39, 0.29) is 18.5 Å². The molecule has 1 aliphatic rings. The number of nitrogens with zero attached hydrogens (tertiary/aromatic N) is 1. The lowest BCUT2D eigenvalue weighted by Gasteiger charge is -2.26. The maximum atomic E-state index is 12.1. The van der Waals surface area contributed by atoms with Crippen LogP contribution in [0.1, 0.15) is 39.0 Å². The van der Waals surface area contributed by atoms with Gasteiger partial charge in [-0.15, -0.1) is 0 Å². The van der Waals surface area contributed by atoms with Gasteiger partial charge < -0.3 is 20.6 Å². The lowest BCUT2D eigenvalue weighted by atomic mass is 9.95. The van der Waals surface area contributed by atoms with Gasteiger partial charge in [-0.3, -0.25) is 9.59 Å². The quantitative estimate of drug-likeness (QED) is 0.654. The van der Waals surface area contributed by atoms with Crippen molar-refractivity contribution in [2.75, 3.05) is 20.1 Å². The summed E-state index contributed by atoms with van der Waals surface area (Å²) in [5.41, 5.74) is 0. The Morgan fingerprint density at radius 2 is 1.86 bits per heavy atom. The topological polar surface area (TPSA) is 98.7 Å². The second-order valence-corrected chi connectivity index (χ2v) is 5.45.